The van der Waals surface area contributed by atoms with Crippen molar-refractivity contribution < 1.29 is 47.8 Å². The quantitative estimate of drug-likeness (QED) is 0.0501. The number of hydrogen-bond acceptors (Lipinski definition) is 11. The summed E-state index contributed by atoms with van der Waals surface area (Å²) in [7, 11) is 0. The summed E-state index contributed by atoms with van der Waals surface area (Å²) < 4.78 is 16.9. The molecule has 3 aliphatic heterocycles. The van der Waals surface area contributed by atoms with Crippen LogP contribution in [0.3, 0.4) is 0 Å². The van der Waals surface area contributed by atoms with Crippen LogP contribution in [0.15, 0.2) is 140 Å². The third-order valence-corrected chi connectivity index (χ3v) is 13.4. The van der Waals surface area contributed by atoms with Crippen molar-refractivity contribution in [2.75, 3.05) is 13.1 Å². The number of esters is 1. The Morgan fingerprint density at radius 3 is 1.88 bits per heavy atom. The van der Waals surface area contributed by atoms with Crippen molar-refractivity contribution in [3.05, 3.63) is 167 Å². The summed E-state index contributed by atoms with van der Waals surface area (Å²) in [6.45, 7) is 3.49. The maximum atomic E-state index is 14.7. The van der Waals surface area contributed by atoms with Gasteiger partial charge in [-0.1, -0.05) is 127 Å². The van der Waals surface area contributed by atoms with Crippen molar-refractivity contribution in [2.45, 2.75) is 68.1 Å². The molecule has 67 heavy (non-hydrogen) atoms. The van der Waals surface area contributed by atoms with Crippen molar-refractivity contribution in [3.63, 3.8) is 0 Å². The molecule has 5 aromatic carbocycles. The summed E-state index contributed by atoms with van der Waals surface area (Å²) in [6, 6.07) is 38.0. The zero-order valence-corrected chi connectivity index (χ0v) is 37.5. The van der Waals surface area contributed by atoms with Gasteiger partial charge in [0.1, 0.15) is 37.3 Å². The molecule has 5 aromatic rings. The number of ether oxygens (including phenoxy) is 3. The maximum Gasteiger partial charge on any atom is 0.355 e. The molecule has 3 fully saturated rings. The van der Waals surface area contributed by atoms with Gasteiger partial charge >= 0.3 is 23.8 Å². The lowest BCUT2D eigenvalue weighted by atomic mass is 9.87. The third kappa shape index (κ3) is 9.54. The predicted molar refractivity (Wildman–Crippen MR) is 245 cm³/mol. The number of fused-ring (bicyclic) bond motifs is 1. The molecule has 0 aromatic heterocycles. The zero-order valence-electron chi connectivity index (χ0n) is 36.7. The van der Waals surface area contributed by atoms with Crippen LogP contribution in [0.25, 0.3) is 0 Å². The number of urea groups is 1. The van der Waals surface area contributed by atoms with Crippen molar-refractivity contribution in [2.24, 2.45) is 0 Å². The first kappa shape index (κ1) is 45.9. The SMILES string of the molecule is CC1(C)S[C@@H]2[C@H](NC=O)C(=O)N2[C@@]1(NC(=O)C(NC(=O)N1CCN(Cc2ccc(OCc3ccccc3)c(OCc3ccccc3)c2)C(=O)C1=O)c1ccccc1)C(=O)OCc1ccccc1. The summed E-state index contributed by atoms with van der Waals surface area (Å²) in [5.74, 6) is -3.61. The molecule has 1 unspecified atom stereocenters. The number of imide groups is 1. The fourth-order valence-electron chi connectivity index (χ4n) is 8.27. The highest BCUT2D eigenvalue weighted by Gasteiger charge is 2.74. The molecule has 8 rings (SSSR count). The van der Waals surface area contributed by atoms with Crippen LogP contribution in [0.2, 0.25) is 0 Å². The average Bonchev–Trinajstić information content (AvgIpc) is 3.56. The summed E-state index contributed by atoms with van der Waals surface area (Å²) >= 11 is 1.19. The van der Waals surface area contributed by atoms with Crippen LogP contribution in [0, 0.1) is 0 Å². The molecule has 16 nitrogen and oxygen atoms in total. The number of nitrogens with one attached hydrogen (secondary N) is 3. The predicted octanol–water partition coefficient (Wildman–Crippen LogP) is 4.83. The second-order valence-corrected chi connectivity index (χ2v) is 18.3. The lowest BCUT2D eigenvalue weighted by Gasteiger charge is -2.50. The zero-order chi connectivity index (χ0) is 47.1. The Bertz CT molecular complexity index is 2640. The molecule has 17 heteroatoms. The summed E-state index contributed by atoms with van der Waals surface area (Å²) in [5.41, 5.74) is 1.35. The van der Waals surface area contributed by atoms with Crippen LogP contribution in [0.5, 0.6) is 11.5 Å². The number of amides is 7. The molecule has 344 valence electrons. The minimum atomic E-state index is -2.12. The Balaban J connectivity index is 0.989. The minimum absolute atomic E-state index is 0.0193. The van der Waals surface area contributed by atoms with E-state index in [-0.39, 0.29) is 38.4 Å². The Morgan fingerprint density at radius 2 is 1.28 bits per heavy atom. The number of rotatable bonds is 17. The van der Waals surface area contributed by atoms with E-state index < -0.39 is 63.5 Å². The van der Waals surface area contributed by atoms with Crippen molar-refractivity contribution >= 4 is 53.8 Å². The van der Waals surface area contributed by atoms with Crippen LogP contribution in [-0.2, 0) is 59.9 Å². The van der Waals surface area contributed by atoms with Gasteiger partial charge < -0.3 is 35.1 Å². The van der Waals surface area contributed by atoms with Gasteiger partial charge in [0.25, 0.3) is 5.91 Å². The van der Waals surface area contributed by atoms with Gasteiger partial charge in [-0.15, -0.1) is 11.8 Å². The summed E-state index contributed by atoms with van der Waals surface area (Å²) in [4.78, 5) is 99.1. The first-order chi connectivity index (χ1) is 32.4. The smallest absolute Gasteiger partial charge is 0.355 e. The first-order valence-corrected chi connectivity index (χ1v) is 22.4. The van der Waals surface area contributed by atoms with Crippen molar-refractivity contribution in [1.82, 2.24) is 30.7 Å². The van der Waals surface area contributed by atoms with E-state index in [0.29, 0.717) is 35.6 Å². The van der Waals surface area contributed by atoms with Gasteiger partial charge in [-0.2, -0.15) is 0 Å². The molecule has 0 saturated carbocycles. The fraction of sp³-hybridized carbons (Fsp3) is 0.260. The molecule has 4 atom stereocenters. The highest BCUT2D eigenvalue weighted by atomic mass is 32.2. The summed E-state index contributed by atoms with van der Waals surface area (Å²) in [5, 5.41) is 7.15. The Kier molecular flexibility index (Phi) is 13.6. The van der Waals surface area contributed by atoms with Gasteiger partial charge in [-0.3, -0.25) is 33.8 Å². The Hall–Kier alpha value is -7.66. The number of piperazine rings is 1. The third-order valence-electron chi connectivity index (χ3n) is 11.8. The van der Waals surface area contributed by atoms with Crippen molar-refractivity contribution in [1.29, 1.82) is 0 Å². The molecule has 7 amide bonds. The second kappa shape index (κ2) is 19.8. The Labute approximate surface area is 390 Å². The van der Waals surface area contributed by atoms with E-state index in [1.54, 1.807) is 92.7 Å². The largest absolute Gasteiger partial charge is 0.485 e. The van der Waals surface area contributed by atoms with E-state index in [9.17, 15) is 33.6 Å². The molecule has 3 heterocycles. The number of nitrogens with zero attached hydrogens (tertiary/aromatic N) is 3. The van der Waals surface area contributed by atoms with Gasteiger partial charge in [0.05, 0.1) is 4.75 Å². The van der Waals surface area contributed by atoms with Gasteiger partial charge in [0.2, 0.25) is 18.0 Å². The minimum Gasteiger partial charge on any atom is -0.485 e. The molecule has 0 radical (unpaired) electrons. The number of carbonyl (C=O) groups excluding carboxylic acids is 7. The van der Waals surface area contributed by atoms with Crippen LogP contribution < -0.4 is 25.4 Å². The van der Waals surface area contributed by atoms with E-state index in [0.717, 1.165) is 16.0 Å². The lowest BCUT2D eigenvalue weighted by Crippen LogP contribution is -2.80. The summed E-state index contributed by atoms with van der Waals surface area (Å²) in [6.07, 6.45) is 0.395. The molecule has 0 bridgehead atoms. The molecular weight excluding hydrogens is 877 g/mol. The van der Waals surface area contributed by atoms with Crippen LogP contribution in [0.4, 0.5) is 4.79 Å². The number of hydrogen-bond donors (Lipinski definition) is 3. The number of benzene rings is 5. The van der Waals surface area contributed by atoms with Gasteiger partial charge in [0, 0.05) is 19.6 Å². The van der Waals surface area contributed by atoms with E-state index in [4.69, 9.17) is 14.2 Å². The van der Waals surface area contributed by atoms with Gasteiger partial charge in [0.15, 0.2) is 11.5 Å². The number of carbonyl (C=O) groups is 7. The topological polar surface area (TPSA) is 193 Å². The van der Waals surface area contributed by atoms with Crippen LogP contribution in [0.1, 0.15) is 47.7 Å². The highest BCUT2D eigenvalue weighted by Crippen LogP contribution is 2.56. The van der Waals surface area contributed by atoms with Gasteiger partial charge in [-0.05, 0) is 53.8 Å². The highest BCUT2D eigenvalue weighted by molar-refractivity contribution is 8.01. The monoisotopic (exact) mass is 924 g/mol. The number of β-lactam (4-membered cyclic amide) rings is 1. The second-order valence-electron chi connectivity index (χ2n) is 16.6. The molecule has 3 aliphatic rings. The molecule has 3 saturated heterocycles. The fourth-order valence-corrected chi connectivity index (χ4v) is 9.97. The Morgan fingerprint density at radius 1 is 0.716 bits per heavy atom. The standard InChI is InChI=1S/C50H48N6O10S/c1-49(2)50(47(62)66-31-35-19-11-5-12-20-35,56-43(59)41(51-32-57)46(56)67-49)53-42(58)40(37-21-13-6-14-22-37)52-48(63)55-26-25-54(44(60)45(55)61)28-36-23-24-38(64-29-33-15-7-3-8-16-33)39(27-36)65-30-34-17-9-4-10-18-34/h3-24,27,32,40-41,46H,25-26,28-31H2,1-2H3,(H,51,57)(H,52,63)(H,53,58)/t40?,41-,46-,50+/m1/s1. The molecular formula is C50H48N6O10S. The van der Waals surface area contributed by atoms with E-state index >= 15 is 0 Å². The van der Waals surface area contributed by atoms with E-state index in [1.807, 2.05) is 60.7 Å². The average molecular weight is 925 g/mol. The molecule has 3 N–H and O–H groups in total. The first-order valence-electron chi connectivity index (χ1n) is 21.6. The molecule has 0 spiro atoms. The van der Waals surface area contributed by atoms with E-state index in [1.165, 1.54) is 21.6 Å². The van der Waals surface area contributed by atoms with Gasteiger partial charge in [-0.25, -0.2) is 9.59 Å². The maximum absolute atomic E-state index is 14.7. The lowest BCUT2D eigenvalue weighted by molar-refractivity contribution is -0.181. The van der Waals surface area contributed by atoms with Crippen LogP contribution in [-0.4, -0.2) is 91.7 Å². The number of thioether (sulfide) groups is 1. The van der Waals surface area contributed by atoms with E-state index in [2.05, 4.69) is 16.0 Å². The molecule has 0 aliphatic carbocycles. The normalized spacial score (nSPS) is 19.9. The van der Waals surface area contributed by atoms with Crippen LogP contribution >= 0.6 is 11.8 Å². The van der Waals surface area contributed by atoms with Crippen molar-refractivity contribution in [3.8, 4) is 11.5 Å².